The average molecular weight is 357 g/mol. The van der Waals surface area contributed by atoms with E-state index in [1.54, 1.807) is 4.90 Å². The van der Waals surface area contributed by atoms with Gasteiger partial charge in [0.2, 0.25) is 0 Å². The van der Waals surface area contributed by atoms with Gasteiger partial charge in [0, 0.05) is 11.1 Å². The summed E-state index contributed by atoms with van der Waals surface area (Å²) < 4.78 is 13.1. The van der Waals surface area contributed by atoms with Crippen LogP contribution in [0.5, 0.6) is 0 Å². The van der Waals surface area contributed by atoms with Crippen LogP contribution in [-0.2, 0) is 0 Å². The predicted molar refractivity (Wildman–Crippen MR) is 99.8 cm³/mol. The highest BCUT2D eigenvalue weighted by Gasteiger charge is 2.34. The van der Waals surface area contributed by atoms with Gasteiger partial charge in [0.05, 0.1) is 13.1 Å². The molecule has 2 aromatic rings. The molecule has 138 valence electrons. The summed E-state index contributed by atoms with van der Waals surface area (Å²) in [5, 5.41) is 3.13. The molecule has 0 radical (unpaired) electrons. The number of halogens is 1. The number of nitrogens with one attached hydrogen (secondary N) is 3. The second kappa shape index (κ2) is 8.43. The van der Waals surface area contributed by atoms with Crippen LogP contribution in [0.25, 0.3) is 0 Å². The first-order valence-corrected chi connectivity index (χ1v) is 9.32. The van der Waals surface area contributed by atoms with Crippen LogP contribution >= 0.6 is 0 Å². The summed E-state index contributed by atoms with van der Waals surface area (Å²) >= 11 is 0. The van der Waals surface area contributed by atoms with Crippen molar-refractivity contribution in [2.45, 2.75) is 19.0 Å². The van der Waals surface area contributed by atoms with Gasteiger partial charge >= 0.3 is 0 Å². The molecular formula is C21H28FN3O+2. The van der Waals surface area contributed by atoms with Crippen molar-refractivity contribution in [3.8, 4) is 0 Å². The number of carbonyl (C=O) groups is 1. The second-order valence-corrected chi connectivity index (χ2v) is 7.27. The first-order chi connectivity index (χ1) is 12.5. The highest BCUT2D eigenvalue weighted by atomic mass is 19.1. The molecule has 5 heteroatoms. The normalized spacial score (nSPS) is 22.4. The van der Waals surface area contributed by atoms with Crippen molar-refractivity contribution in [2.75, 3.05) is 33.2 Å². The fraction of sp³-hybridized carbons (Fsp3) is 0.381. The lowest BCUT2D eigenvalue weighted by Gasteiger charge is -2.36. The molecule has 1 fully saturated rings. The van der Waals surface area contributed by atoms with Crippen LogP contribution < -0.4 is 15.1 Å². The molecule has 0 saturated carbocycles. The molecule has 0 aromatic heterocycles. The number of carbonyl (C=O) groups excluding carboxylic acids is 1. The van der Waals surface area contributed by atoms with Crippen molar-refractivity contribution in [2.24, 2.45) is 0 Å². The Hall–Kier alpha value is -2.24. The van der Waals surface area contributed by atoms with E-state index in [0.29, 0.717) is 5.56 Å². The zero-order valence-electron chi connectivity index (χ0n) is 15.5. The predicted octanol–water partition coefficient (Wildman–Crippen LogP) is 0.0985. The molecule has 1 amide bonds. The van der Waals surface area contributed by atoms with Crippen LogP contribution in [0.4, 0.5) is 4.39 Å². The SMILES string of the molecule is C[C@@H](NC(=O)c1ccc(F)cc1)[C@@H](c1ccccc1)[NH+]1CC[NH+](C)CC1. The van der Waals surface area contributed by atoms with Gasteiger partial charge in [-0.15, -0.1) is 0 Å². The molecule has 2 atom stereocenters. The molecule has 0 aliphatic carbocycles. The number of hydrogen-bond donors (Lipinski definition) is 3. The van der Waals surface area contributed by atoms with Crippen molar-refractivity contribution in [1.82, 2.24) is 5.32 Å². The van der Waals surface area contributed by atoms with Crippen molar-refractivity contribution in [3.63, 3.8) is 0 Å². The lowest BCUT2D eigenvalue weighted by Crippen LogP contribution is -3.27. The third-order valence-electron chi connectivity index (χ3n) is 5.31. The van der Waals surface area contributed by atoms with Gasteiger partial charge in [-0.1, -0.05) is 30.3 Å². The van der Waals surface area contributed by atoms with Crippen LogP contribution in [0.2, 0.25) is 0 Å². The highest BCUT2D eigenvalue weighted by molar-refractivity contribution is 5.94. The summed E-state index contributed by atoms with van der Waals surface area (Å²) in [6, 6.07) is 16.3. The average Bonchev–Trinajstić information content (AvgIpc) is 2.65. The lowest BCUT2D eigenvalue weighted by molar-refractivity contribution is -1.02. The van der Waals surface area contributed by atoms with Gasteiger partial charge in [-0.2, -0.15) is 0 Å². The zero-order valence-corrected chi connectivity index (χ0v) is 15.5. The van der Waals surface area contributed by atoms with Crippen LogP contribution in [0.3, 0.4) is 0 Å². The standard InChI is InChI=1S/C21H26FN3O/c1-16(23-21(26)18-8-10-19(22)11-9-18)20(17-6-4-3-5-7-17)25-14-12-24(2)13-15-25/h3-11,16,20H,12-15H2,1-2H3,(H,23,26)/p+2/t16-,20+/m1/s1. The number of likely N-dealkylation sites (N-methyl/N-ethyl adjacent to an activating group) is 1. The molecular weight excluding hydrogens is 329 g/mol. The van der Waals surface area contributed by atoms with E-state index in [0.717, 1.165) is 26.2 Å². The number of amides is 1. The Morgan fingerprint density at radius 1 is 1.00 bits per heavy atom. The summed E-state index contributed by atoms with van der Waals surface area (Å²) in [6.45, 7) is 6.51. The molecule has 0 spiro atoms. The smallest absolute Gasteiger partial charge is 0.251 e. The molecule has 3 rings (SSSR count). The Labute approximate surface area is 154 Å². The molecule has 1 aliphatic rings. The Kier molecular flexibility index (Phi) is 6.01. The molecule has 1 aliphatic heterocycles. The molecule has 26 heavy (non-hydrogen) atoms. The monoisotopic (exact) mass is 357 g/mol. The van der Waals surface area contributed by atoms with Crippen LogP contribution in [-0.4, -0.2) is 45.2 Å². The first-order valence-electron chi connectivity index (χ1n) is 9.32. The largest absolute Gasteiger partial charge is 0.343 e. The molecule has 1 saturated heterocycles. The van der Waals surface area contributed by atoms with Gasteiger partial charge in [-0.3, -0.25) is 4.79 Å². The number of hydrogen-bond acceptors (Lipinski definition) is 1. The van der Waals surface area contributed by atoms with Gasteiger partial charge in [0.1, 0.15) is 38.0 Å². The van der Waals surface area contributed by atoms with Gasteiger partial charge in [-0.25, -0.2) is 4.39 Å². The van der Waals surface area contributed by atoms with E-state index in [1.165, 1.54) is 34.7 Å². The van der Waals surface area contributed by atoms with E-state index < -0.39 is 0 Å². The summed E-state index contributed by atoms with van der Waals surface area (Å²) in [5.41, 5.74) is 1.73. The number of rotatable bonds is 5. The topological polar surface area (TPSA) is 38.0 Å². The van der Waals surface area contributed by atoms with Crippen molar-refractivity contribution >= 4 is 5.91 Å². The minimum absolute atomic E-state index is 0.0247. The molecule has 0 unspecified atom stereocenters. The maximum atomic E-state index is 13.1. The maximum Gasteiger partial charge on any atom is 0.251 e. The van der Waals surface area contributed by atoms with E-state index in [4.69, 9.17) is 0 Å². The van der Waals surface area contributed by atoms with E-state index >= 15 is 0 Å². The Morgan fingerprint density at radius 3 is 2.23 bits per heavy atom. The fourth-order valence-electron chi connectivity index (χ4n) is 3.82. The first kappa shape index (κ1) is 18.5. The van der Waals surface area contributed by atoms with Gasteiger partial charge in [0.25, 0.3) is 5.91 Å². The lowest BCUT2D eigenvalue weighted by atomic mass is 9.97. The molecule has 0 bridgehead atoms. The Balaban J connectivity index is 1.77. The van der Waals surface area contributed by atoms with Gasteiger partial charge in [-0.05, 0) is 31.2 Å². The molecule has 2 aromatic carbocycles. The van der Waals surface area contributed by atoms with Crippen LogP contribution in [0.1, 0.15) is 28.9 Å². The maximum absolute atomic E-state index is 13.1. The number of benzene rings is 2. The van der Waals surface area contributed by atoms with Crippen LogP contribution in [0, 0.1) is 5.82 Å². The van der Waals surface area contributed by atoms with Gasteiger partial charge < -0.3 is 15.1 Å². The summed E-state index contributed by atoms with van der Waals surface area (Å²) in [5.74, 6) is -0.487. The number of piperazine rings is 1. The third kappa shape index (κ3) is 4.48. The molecule has 3 N–H and O–H groups in total. The van der Waals surface area contributed by atoms with Crippen molar-refractivity contribution < 1.29 is 19.0 Å². The zero-order chi connectivity index (χ0) is 18.5. The molecule has 1 heterocycles. The summed E-state index contributed by atoms with van der Waals surface area (Å²) in [4.78, 5) is 15.7. The summed E-state index contributed by atoms with van der Waals surface area (Å²) in [6.07, 6.45) is 0. The fourth-order valence-corrected chi connectivity index (χ4v) is 3.82. The molecule has 4 nitrogen and oxygen atoms in total. The van der Waals surface area contributed by atoms with E-state index in [1.807, 2.05) is 6.07 Å². The Morgan fingerprint density at radius 2 is 1.62 bits per heavy atom. The highest BCUT2D eigenvalue weighted by Crippen LogP contribution is 2.14. The van der Waals surface area contributed by atoms with Crippen molar-refractivity contribution in [1.29, 1.82) is 0 Å². The third-order valence-corrected chi connectivity index (χ3v) is 5.31. The quantitative estimate of drug-likeness (QED) is 0.698. The van der Waals surface area contributed by atoms with E-state index in [2.05, 4.69) is 43.6 Å². The minimum Gasteiger partial charge on any atom is -0.343 e. The minimum atomic E-state index is -0.332. The van der Waals surface area contributed by atoms with E-state index in [-0.39, 0.29) is 23.8 Å². The van der Waals surface area contributed by atoms with Crippen LogP contribution in [0.15, 0.2) is 54.6 Å². The van der Waals surface area contributed by atoms with E-state index in [9.17, 15) is 9.18 Å². The van der Waals surface area contributed by atoms with Gasteiger partial charge in [0.15, 0.2) is 0 Å². The Bertz CT molecular complexity index is 712. The van der Waals surface area contributed by atoms with Crippen molar-refractivity contribution in [3.05, 3.63) is 71.5 Å². The number of quaternary nitrogens is 2. The summed E-state index contributed by atoms with van der Waals surface area (Å²) in [7, 11) is 2.23. The second-order valence-electron chi connectivity index (χ2n) is 7.27.